The van der Waals surface area contributed by atoms with E-state index >= 15 is 0 Å². The van der Waals surface area contributed by atoms with E-state index in [-0.39, 0.29) is 10.6 Å². The summed E-state index contributed by atoms with van der Waals surface area (Å²) in [5.41, 5.74) is 0.971. The van der Waals surface area contributed by atoms with E-state index in [1.807, 2.05) is 4.72 Å². The van der Waals surface area contributed by atoms with E-state index in [9.17, 15) is 13.2 Å². The van der Waals surface area contributed by atoms with Gasteiger partial charge in [-0.3, -0.25) is 9.89 Å². The standard InChI is InChI=1S/C13H13N3O3S/c17-13(12-8-11(14-15-12)9-6-7-9)16-20(18,19)10-4-2-1-3-5-10/h1-5,8-9H,6-7H2,(H,14,15)(H,16,17). The molecule has 20 heavy (non-hydrogen) atoms. The SMILES string of the molecule is O=C(NS(=O)(=O)c1ccccc1)c1cc(C2CC2)[nH]n1. The van der Waals surface area contributed by atoms with Crippen LogP contribution in [0.25, 0.3) is 0 Å². The van der Waals surface area contributed by atoms with Crippen LogP contribution in [0.5, 0.6) is 0 Å². The van der Waals surface area contributed by atoms with Crippen LogP contribution in [0.4, 0.5) is 0 Å². The van der Waals surface area contributed by atoms with Crippen molar-refractivity contribution in [1.29, 1.82) is 0 Å². The molecule has 2 N–H and O–H groups in total. The molecule has 2 aromatic rings. The molecule has 0 unspecified atom stereocenters. The van der Waals surface area contributed by atoms with Gasteiger partial charge >= 0.3 is 0 Å². The minimum absolute atomic E-state index is 0.0475. The Morgan fingerprint density at radius 2 is 1.95 bits per heavy atom. The molecule has 1 aromatic carbocycles. The lowest BCUT2D eigenvalue weighted by Crippen LogP contribution is -2.30. The molecule has 0 bridgehead atoms. The van der Waals surface area contributed by atoms with Gasteiger partial charge in [0.1, 0.15) is 0 Å². The van der Waals surface area contributed by atoms with Crippen LogP contribution in [-0.2, 0) is 10.0 Å². The van der Waals surface area contributed by atoms with Crippen molar-refractivity contribution in [2.24, 2.45) is 0 Å². The molecule has 0 saturated heterocycles. The highest BCUT2D eigenvalue weighted by molar-refractivity contribution is 7.90. The van der Waals surface area contributed by atoms with Crippen molar-refractivity contribution in [3.05, 3.63) is 47.8 Å². The summed E-state index contributed by atoms with van der Waals surface area (Å²) in [6, 6.07) is 9.35. The summed E-state index contributed by atoms with van der Waals surface area (Å²) < 4.78 is 26.0. The summed E-state index contributed by atoms with van der Waals surface area (Å²) in [7, 11) is -3.86. The molecule has 1 aromatic heterocycles. The minimum Gasteiger partial charge on any atom is -0.281 e. The Balaban J connectivity index is 1.77. The minimum atomic E-state index is -3.86. The van der Waals surface area contributed by atoms with Gasteiger partial charge in [0.2, 0.25) is 0 Å². The number of sulfonamides is 1. The Labute approximate surface area is 116 Å². The Hall–Kier alpha value is -2.15. The predicted molar refractivity (Wildman–Crippen MR) is 71.7 cm³/mol. The molecule has 1 aliphatic carbocycles. The number of carbonyl (C=O) groups is 1. The normalized spacial score (nSPS) is 15.0. The fraction of sp³-hybridized carbons (Fsp3) is 0.231. The van der Waals surface area contributed by atoms with Gasteiger partial charge in [0.25, 0.3) is 15.9 Å². The maximum atomic E-state index is 12.0. The number of hydrogen-bond donors (Lipinski definition) is 2. The number of hydrogen-bond acceptors (Lipinski definition) is 4. The average Bonchev–Trinajstić information content (AvgIpc) is 3.17. The second-order valence-electron chi connectivity index (χ2n) is 4.73. The smallest absolute Gasteiger partial charge is 0.281 e. The van der Waals surface area contributed by atoms with Crippen molar-refractivity contribution in [2.75, 3.05) is 0 Å². The zero-order chi connectivity index (χ0) is 14.2. The van der Waals surface area contributed by atoms with Crippen LogP contribution < -0.4 is 4.72 Å². The van der Waals surface area contributed by atoms with E-state index in [0.717, 1.165) is 18.5 Å². The number of amides is 1. The molecule has 7 heteroatoms. The zero-order valence-corrected chi connectivity index (χ0v) is 11.4. The van der Waals surface area contributed by atoms with Crippen LogP contribution in [0.15, 0.2) is 41.3 Å². The van der Waals surface area contributed by atoms with E-state index in [4.69, 9.17) is 0 Å². The second-order valence-corrected chi connectivity index (χ2v) is 6.41. The Morgan fingerprint density at radius 1 is 1.25 bits per heavy atom. The molecule has 104 valence electrons. The van der Waals surface area contributed by atoms with Gasteiger partial charge in [-0.15, -0.1) is 0 Å². The number of aromatic amines is 1. The molecule has 0 atom stereocenters. The second kappa shape index (κ2) is 4.75. The van der Waals surface area contributed by atoms with Gasteiger partial charge in [0, 0.05) is 11.6 Å². The Kier molecular flexibility index (Phi) is 3.06. The van der Waals surface area contributed by atoms with Crippen molar-refractivity contribution in [3.8, 4) is 0 Å². The van der Waals surface area contributed by atoms with Crippen LogP contribution in [-0.4, -0.2) is 24.5 Å². The molecular weight excluding hydrogens is 278 g/mol. The third kappa shape index (κ3) is 2.57. The highest BCUT2D eigenvalue weighted by atomic mass is 32.2. The molecule has 3 rings (SSSR count). The average molecular weight is 291 g/mol. The van der Waals surface area contributed by atoms with E-state index < -0.39 is 15.9 Å². The summed E-state index contributed by atoms with van der Waals surface area (Å²) in [5.74, 6) is -0.299. The Morgan fingerprint density at radius 3 is 2.60 bits per heavy atom. The van der Waals surface area contributed by atoms with Gasteiger partial charge in [-0.05, 0) is 31.0 Å². The van der Waals surface area contributed by atoms with E-state index in [1.54, 1.807) is 24.3 Å². The summed E-state index contributed by atoms with van der Waals surface area (Å²) >= 11 is 0. The number of benzene rings is 1. The van der Waals surface area contributed by atoms with Gasteiger partial charge in [0.15, 0.2) is 5.69 Å². The predicted octanol–water partition coefficient (Wildman–Crippen LogP) is 1.41. The fourth-order valence-corrected chi connectivity index (χ4v) is 2.87. The quantitative estimate of drug-likeness (QED) is 0.890. The van der Waals surface area contributed by atoms with Gasteiger partial charge in [-0.1, -0.05) is 18.2 Å². The summed E-state index contributed by atoms with van der Waals surface area (Å²) in [5, 5.41) is 6.62. The molecule has 1 aliphatic rings. The van der Waals surface area contributed by atoms with Crippen LogP contribution in [0.2, 0.25) is 0 Å². The van der Waals surface area contributed by atoms with Crippen LogP contribution >= 0.6 is 0 Å². The Bertz CT molecular complexity index is 733. The first-order chi connectivity index (χ1) is 9.56. The first kappa shape index (κ1) is 12.9. The number of rotatable bonds is 4. The lowest BCUT2D eigenvalue weighted by atomic mass is 10.2. The van der Waals surface area contributed by atoms with E-state index in [0.29, 0.717) is 5.92 Å². The number of H-pyrrole nitrogens is 1. The third-order valence-corrected chi connectivity index (χ3v) is 4.47. The highest BCUT2D eigenvalue weighted by Crippen LogP contribution is 2.38. The largest absolute Gasteiger partial charge is 0.285 e. The molecule has 0 radical (unpaired) electrons. The maximum absolute atomic E-state index is 12.0. The number of aromatic nitrogens is 2. The van der Waals surface area contributed by atoms with Gasteiger partial charge < -0.3 is 0 Å². The molecule has 1 amide bonds. The molecule has 6 nitrogen and oxygen atoms in total. The highest BCUT2D eigenvalue weighted by Gasteiger charge is 2.27. The van der Waals surface area contributed by atoms with E-state index in [1.165, 1.54) is 12.1 Å². The first-order valence-electron chi connectivity index (χ1n) is 6.24. The van der Waals surface area contributed by atoms with Crippen LogP contribution in [0.3, 0.4) is 0 Å². The van der Waals surface area contributed by atoms with Gasteiger partial charge in [-0.25, -0.2) is 13.1 Å². The van der Waals surface area contributed by atoms with Crippen molar-refractivity contribution < 1.29 is 13.2 Å². The maximum Gasteiger partial charge on any atom is 0.285 e. The number of carbonyl (C=O) groups excluding carboxylic acids is 1. The monoisotopic (exact) mass is 291 g/mol. The lowest BCUT2D eigenvalue weighted by molar-refractivity contribution is 0.0976. The van der Waals surface area contributed by atoms with Crippen molar-refractivity contribution in [2.45, 2.75) is 23.7 Å². The van der Waals surface area contributed by atoms with Crippen molar-refractivity contribution in [1.82, 2.24) is 14.9 Å². The van der Waals surface area contributed by atoms with Crippen molar-refractivity contribution >= 4 is 15.9 Å². The first-order valence-corrected chi connectivity index (χ1v) is 7.72. The summed E-state index contributed by atoms with van der Waals surface area (Å²) in [4.78, 5) is 12.0. The van der Waals surface area contributed by atoms with Crippen LogP contribution in [0.1, 0.15) is 34.9 Å². The summed E-state index contributed by atoms with van der Waals surface area (Å²) in [6.07, 6.45) is 2.15. The van der Waals surface area contributed by atoms with Crippen LogP contribution in [0, 0.1) is 0 Å². The third-order valence-electron chi connectivity index (χ3n) is 3.13. The van der Waals surface area contributed by atoms with Gasteiger partial charge in [-0.2, -0.15) is 5.10 Å². The number of nitrogens with one attached hydrogen (secondary N) is 2. The molecule has 1 fully saturated rings. The van der Waals surface area contributed by atoms with Gasteiger partial charge in [0.05, 0.1) is 4.90 Å². The molecule has 1 saturated carbocycles. The van der Waals surface area contributed by atoms with Crippen molar-refractivity contribution in [3.63, 3.8) is 0 Å². The molecular formula is C13H13N3O3S. The molecule has 0 spiro atoms. The molecule has 1 heterocycles. The topological polar surface area (TPSA) is 91.9 Å². The fourth-order valence-electron chi connectivity index (χ4n) is 1.89. The lowest BCUT2D eigenvalue weighted by Gasteiger charge is -2.04. The number of nitrogens with zero attached hydrogens (tertiary/aromatic N) is 1. The summed E-state index contributed by atoms with van der Waals surface area (Å²) in [6.45, 7) is 0. The zero-order valence-electron chi connectivity index (χ0n) is 10.5. The van der Waals surface area contributed by atoms with E-state index in [2.05, 4.69) is 10.2 Å². The molecule has 0 aliphatic heterocycles.